The first-order valence-corrected chi connectivity index (χ1v) is 6.68. The van der Waals surface area contributed by atoms with E-state index in [0.29, 0.717) is 5.56 Å². The van der Waals surface area contributed by atoms with Crippen LogP contribution in [0.2, 0.25) is 0 Å². The molecule has 1 aliphatic rings. The van der Waals surface area contributed by atoms with Gasteiger partial charge in [-0.25, -0.2) is 0 Å². The number of anilines is 1. The Hall–Kier alpha value is -1.95. The molecule has 3 N–H and O–H groups in total. The van der Waals surface area contributed by atoms with Gasteiger partial charge in [0, 0.05) is 31.3 Å². The van der Waals surface area contributed by atoms with E-state index in [1.165, 1.54) is 0 Å². The summed E-state index contributed by atoms with van der Waals surface area (Å²) in [6.07, 6.45) is 1.08. The summed E-state index contributed by atoms with van der Waals surface area (Å²) in [5.41, 5.74) is 7.36. The molecule has 1 aliphatic heterocycles. The van der Waals surface area contributed by atoms with E-state index < -0.39 is 0 Å². The van der Waals surface area contributed by atoms with Gasteiger partial charge < -0.3 is 25.3 Å². The van der Waals surface area contributed by atoms with Gasteiger partial charge in [0.25, 0.3) is 0 Å². The van der Waals surface area contributed by atoms with E-state index >= 15 is 0 Å². The van der Waals surface area contributed by atoms with Crippen molar-refractivity contribution in [3.05, 3.63) is 23.8 Å². The minimum Gasteiger partial charge on any atom is -0.497 e. The molecule has 0 spiro atoms. The Balaban J connectivity index is 2.40. The van der Waals surface area contributed by atoms with Gasteiger partial charge in [-0.3, -0.25) is 0 Å². The van der Waals surface area contributed by atoms with Gasteiger partial charge in [0.2, 0.25) is 0 Å². The fourth-order valence-electron chi connectivity index (χ4n) is 2.38. The van der Waals surface area contributed by atoms with Crippen LogP contribution in [0.1, 0.15) is 18.9 Å². The van der Waals surface area contributed by atoms with Crippen molar-refractivity contribution in [3.63, 3.8) is 0 Å². The van der Waals surface area contributed by atoms with Gasteiger partial charge in [0.05, 0.1) is 18.9 Å². The zero-order valence-electron chi connectivity index (χ0n) is 11.9. The second-order valence-electron chi connectivity index (χ2n) is 4.85. The van der Waals surface area contributed by atoms with Crippen molar-refractivity contribution in [1.29, 1.82) is 0 Å². The number of methoxy groups -OCH3 is 1. The van der Waals surface area contributed by atoms with Crippen molar-refractivity contribution in [1.82, 2.24) is 0 Å². The average Bonchev–Trinajstić information content (AvgIpc) is 2.70. The Morgan fingerprint density at radius 2 is 2.35 bits per heavy atom. The summed E-state index contributed by atoms with van der Waals surface area (Å²) < 4.78 is 10.9. The molecule has 0 amide bonds. The van der Waals surface area contributed by atoms with E-state index in [4.69, 9.17) is 20.4 Å². The van der Waals surface area contributed by atoms with Crippen LogP contribution in [0.4, 0.5) is 5.69 Å². The predicted octanol–water partition coefficient (Wildman–Crippen LogP) is 1.40. The Kier molecular flexibility index (Phi) is 4.68. The fraction of sp³-hybridized carbons (Fsp3) is 0.500. The van der Waals surface area contributed by atoms with Crippen molar-refractivity contribution in [2.45, 2.75) is 19.4 Å². The molecular formula is C14H21N3O3. The molecule has 1 aromatic rings. The molecule has 6 nitrogen and oxygen atoms in total. The summed E-state index contributed by atoms with van der Waals surface area (Å²) in [6.45, 7) is 4.42. The maximum Gasteiger partial charge on any atom is 0.172 e. The van der Waals surface area contributed by atoms with Crippen molar-refractivity contribution >= 4 is 11.5 Å². The van der Waals surface area contributed by atoms with Gasteiger partial charge in [0.15, 0.2) is 5.84 Å². The van der Waals surface area contributed by atoms with Gasteiger partial charge in [0.1, 0.15) is 5.75 Å². The molecule has 1 fully saturated rings. The van der Waals surface area contributed by atoms with Crippen LogP contribution >= 0.6 is 0 Å². The summed E-state index contributed by atoms with van der Waals surface area (Å²) in [6, 6.07) is 5.51. The number of hydrogen-bond acceptors (Lipinski definition) is 5. The molecule has 1 aromatic carbocycles. The Morgan fingerprint density at radius 1 is 1.55 bits per heavy atom. The van der Waals surface area contributed by atoms with Crippen LogP contribution in [0.25, 0.3) is 0 Å². The SMILES string of the molecule is COc1ccc(/C(N)=N/O)c(N2CCCOC(C)C2)c1. The lowest BCUT2D eigenvalue weighted by Gasteiger charge is -2.26. The molecule has 20 heavy (non-hydrogen) atoms. The zero-order valence-corrected chi connectivity index (χ0v) is 11.9. The predicted molar refractivity (Wildman–Crippen MR) is 77.7 cm³/mol. The molecule has 0 saturated carbocycles. The first-order valence-electron chi connectivity index (χ1n) is 6.68. The normalized spacial score (nSPS) is 20.6. The van der Waals surface area contributed by atoms with Crippen LogP contribution in [0.15, 0.2) is 23.4 Å². The number of benzene rings is 1. The molecule has 110 valence electrons. The van der Waals surface area contributed by atoms with Crippen LogP contribution in [0.3, 0.4) is 0 Å². The Morgan fingerprint density at radius 3 is 3.05 bits per heavy atom. The number of rotatable bonds is 3. The number of oxime groups is 1. The van der Waals surface area contributed by atoms with E-state index in [1.54, 1.807) is 19.2 Å². The molecule has 1 saturated heterocycles. The van der Waals surface area contributed by atoms with Gasteiger partial charge >= 0.3 is 0 Å². The molecule has 1 unspecified atom stereocenters. The maximum absolute atomic E-state index is 8.93. The quantitative estimate of drug-likeness (QED) is 0.378. The summed E-state index contributed by atoms with van der Waals surface area (Å²) in [7, 11) is 1.62. The van der Waals surface area contributed by atoms with Crippen LogP contribution < -0.4 is 15.4 Å². The maximum atomic E-state index is 8.93. The summed E-state index contributed by atoms with van der Waals surface area (Å²) in [5, 5.41) is 12.0. The monoisotopic (exact) mass is 279 g/mol. The van der Waals surface area contributed by atoms with Crippen LogP contribution in [-0.2, 0) is 4.74 Å². The fourth-order valence-corrected chi connectivity index (χ4v) is 2.38. The summed E-state index contributed by atoms with van der Waals surface area (Å²) in [4.78, 5) is 2.19. The lowest BCUT2D eigenvalue weighted by atomic mass is 10.1. The molecule has 0 bridgehead atoms. The molecule has 0 radical (unpaired) electrons. The third-order valence-electron chi connectivity index (χ3n) is 3.38. The van der Waals surface area contributed by atoms with E-state index in [1.807, 2.05) is 13.0 Å². The first kappa shape index (κ1) is 14.5. The number of hydrogen-bond donors (Lipinski definition) is 2. The Bertz CT molecular complexity index is 491. The van der Waals surface area contributed by atoms with Gasteiger partial charge in [-0.2, -0.15) is 0 Å². The van der Waals surface area contributed by atoms with Crippen LogP contribution in [0, 0.1) is 0 Å². The van der Waals surface area contributed by atoms with Crippen molar-refractivity contribution in [2.24, 2.45) is 10.9 Å². The van der Waals surface area contributed by atoms with Gasteiger partial charge in [-0.1, -0.05) is 5.16 Å². The zero-order chi connectivity index (χ0) is 14.5. The minimum atomic E-state index is 0.0977. The standard InChI is InChI=1S/C14H21N3O3/c1-10-9-17(6-3-7-20-10)13-8-11(19-2)4-5-12(13)14(15)16-18/h4-5,8,10,18H,3,6-7,9H2,1-2H3,(H2,15,16). The van der Waals surface area contributed by atoms with Crippen LogP contribution in [0.5, 0.6) is 5.75 Å². The third-order valence-corrected chi connectivity index (χ3v) is 3.38. The second kappa shape index (κ2) is 6.47. The van der Waals surface area contributed by atoms with Crippen molar-refractivity contribution in [3.8, 4) is 5.75 Å². The topological polar surface area (TPSA) is 80.3 Å². The highest BCUT2D eigenvalue weighted by Gasteiger charge is 2.20. The minimum absolute atomic E-state index is 0.0977. The highest BCUT2D eigenvalue weighted by molar-refractivity contribution is 6.02. The van der Waals surface area contributed by atoms with Crippen LogP contribution in [-0.4, -0.2) is 44.0 Å². The molecule has 1 heterocycles. The molecule has 1 atom stereocenters. The highest BCUT2D eigenvalue weighted by Crippen LogP contribution is 2.27. The van der Waals surface area contributed by atoms with Gasteiger partial charge in [-0.15, -0.1) is 0 Å². The lowest BCUT2D eigenvalue weighted by molar-refractivity contribution is 0.0821. The number of nitrogens with two attached hydrogens (primary N) is 1. The van der Waals surface area contributed by atoms with E-state index in [-0.39, 0.29) is 11.9 Å². The lowest BCUT2D eigenvalue weighted by Crippen LogP contribution is -2.32. The largest absolute Gasteiger partial charge is 0.497 e. The van der Waals surface area contributed by atoms with Gasteiger partial charge in [-0.05, 0) is 25.5 Å². The highest BCUT2D eigenvalue weighted by atomic mass is 16.5. The summed E-state index contributed by atoms with van der Waals surface area (Å²) in [5.74, 6) is 0.841. The Labute approximate surface area is 118 Å². The molecule has 0 aliphatic carbocycles. The average molecular weight is 279 g/mol. The molecule has 6 heteroatoms. The summed E-state index contributed by atoms with van der Waals surface area (Å²) >= 11 is 0. The molecular weight excluding hydrogens is 258 g/mol. The van der Waals surface area contributed by atoms with Crippen molar-refractivity contribution < 1.29 is 14.7 Å². The van der Waals surface area contributed by atoms with Crippen molar-refractivity contribution in [2.75, 3.05) is 31.7 Å². The molecule has 0 aromatic heterocycles. The second-order valence-corrected chi connectivity index (χ2v) is 4.85. The number of ether oxygens (including phenoxy) is 2. The number of amidine groups is 1. The van der Waals surface area contributed by atoms with E-state index in [0.717, 1.165) is 37.6 Å². The number of nitrogens with zero attached hydrogens (tertiary/aromatic N) is 2. The first-order chi connectivity index (χ1) is 9.65. The smallest absolute Gasteiger partial charge is 0.172 e. The van der Waals surface area contributed by atoms with E-state index in [9.17, 15) is 0 Å². The third kappa shape index (κ3) is 3.14. The molecule has 2 rings (SSSR count). The van der Waals surface area contributed by atoms with E-state index in [2.05, 4.69) is 10.1 Å².